The Kier molecular flexibility index (Phi) is 6.02. The molecule has 120 valence electrons. The van der Waals surface area contributed by atoms with Gasteiger partial charge in [0.15, 0.2) is 5.78 Å². The highest BCUT2D eigenvalue weighted by atomic mass is 16.3. The minimum atomic E-state index is -0.924. The molecule has 5 heteroatoms. The Morgan fingerprint density at radius 2 is 1.57 bits per heavy atom. The van der Waals surface area contributed by atoms with Crippen molar-refractivity contribution >= 4 is 11.7 Å². The van der Waals surface area contributed by atoms with Crippen LogP contribution in [0.5, 0.6) is 0 Å². The number of carbonyl (C=O) groups is 2. The lowest BCUT2D eigenvalue weighted by molar-refractivity contribution is -0.119. The van der Waals surface area contributed by atoms with Crippen LogP contribution in [0.3, 0.4) is 0 Å². The lowest BCUT2D eigenvalue weighted by Crippen LogP contribution is -2.41. The molecule has 1 amide bonds. The number of rotatable bonds is 8. The number of ketones is 1. The Balaban J connectivity index is 2.04. The SMILES string of the molecule is NC(=O)CC(NCC(=O)c1ccccc1)C(O)c1ccccc1. The molecule has 0 aliphatic heterocycles. The van der Waals surface area contributed by atoms with Crippen molar-refractivity contribution in [2.24, 2.45) is 5.73 Å². The second-order valence-corrected chi connectivity index (χ2v) is 5.30. The molecule has 2 unspecified atom stereocenters. The molecule has 2 aromatic carbocycles. The number of aliphatic hydroxyl groups is 1. The molecule has 0 spiro atoms. The maximum atomic E-state index is 12.1. The molecule has 23 heavy (non-hydrogen) atoms. The van der Waals surface area contributed by atoms with Gasteiger partial charge in [-0.2, -0.15) is 0 Å². The van der Waals surface area contributed by atoms with Crippen molar-refractivity contribution in [3.63, 3.8) is 0 Å². The van der Waals surface area contributed by atoms with E-state index < -0.39 is 18.1 Å². The molecular weight excluding hydrogens is 292 g/mol. The van der Waals surface area contributed by atoms with Crippen LogP contribution in [-0.2, 0) is 4.79 Å². The standard InChI is InChI=1S/C18H20N2O3/c19-17(22)11-15(18(23)14-9-5-2-6-10-14)20-12-16(21)13-7-3-1-4-8-13/h1-10,15,18,20,23H,11-12H2,(H2,19,22). The molecule has 0 aliphatic carbocycles. The molecule has 0 saturated carbocycles. The Morgan fingerprint density at radius 1 is 1.00 bits per heavy atom. The van der Waals surface area contributed by atoms with Crippen LogP contribution in [0, 0.1) is 0 Å². The fraction of sp³-hybridized carbons (Fsp3) is 0.222. The average Bonchev–Trinajstić information content (AvgIpc) is 2.59. The van der Waals surface area contributed by atoms with Gasteiger partial charge < -0.3 is 16.2 Å². The number of amides is 1. The molecule has 5 nitrogen and oxygen atoms in total. The number of hydrogen-bond donors (Lipinski definition) is 3. The summed E-state index contributed by atoms with van der Waals surface area (Å²) in [5, 5.41) is 13.4. The van der Waals surface area contributed by atoms with Gasteiger partial charge in [0.1, 0.15) is 0 Å². The van der Waals surface area contributed by atoms with E-state index in [2.05, 4.69) is 5.32 Å². The Hall–Kier alpha value is -2.50. The van der Waals surface area contributed by atoms with Crippen molar-refractivity contribution in [2.75, 3.05) is 6.54 Å². The fourth-order valence-corrected chi connectivity index (χ4v) is 2.34. The zero-order valence-corrected chi connectivity index (χ0v) is 12.7. The van der Waals surface area contributed by atoms with Crippen LogP contribution in [-0.4, -0.2) is 29.4 Å². The van der Waals surface area contributed by atoms with E-state index in [-0.39, 0.29) is 18.7 Å². The number of Topliss-reactive ketones (excluding diaryl/α,β-unsaturated/α-hetero) is 1. The molecule has 0 aliphatic rings. The summed E-state index contributed by atoms with van der Waals surface area (Å²) in [7, 11) is 0. The molecule has 2 aromatic rings. The summed E-state index contributed by atoms with van der Waals surface area (Å²) < 4.78 is 0. The van der Waals surface area contributed by atoms with Gasteiger partial charge in [-0.25, -0.2) is 0 Å². The molecular formula is C18H20N2O3. The van der Waals surface area contributed by atoms with Crippen LogP contribution >= 0.6 is 0 Å². The topological polar surface area (TPSA) is 92.4 Å². The highest BCUT2D eigenvalue weighted by Crippen LogP contribution is 2.18. The predicted molar refractivity (Wildman–Crippen MR) is 87.8 cm³/mol. The second kappa shape index (κ2) is 8.22. The van der Waals surface area contributed by atoms with Gasteiger partial charge in [0.05, 0.1) is 12.6 Å². The Labute approximate surface area is 135 Å². The van der Waals surface area contributed by atoms with Gasteiger partial charge in [0.25, 0.3) is 0 Å². The highest BCUT2D eigenvalue weighted by molar-refractivity contribution is 5.97. The zero-order valence-electron chi connectivity index (χ0n) is 12.7. The number of nitrogens with one attached hydrogen (secondary N) is 1. The number of benzene rings is 2. The first-order valence-corrected chi connectivity index (χ1v) is 7.41. The van der Waals surface area contributed by atoms with Crippen molar-refractivity contribution in [3.05, 3.63) is 71.8 Å². The maximum absolute atomic E-state index is 12.1. The summed E-state index contributed by atoms with van der Waals surface area (Å²) in [4.78, 5) is 23.4. The van der Waals surface area contributed by atoms with Crippen LogP contribution in [0.1, 0.15) is 28.4 Å². The van der Waals surface area contributed by atoms with Crippen LogP contribution < -0.4 is 11.1 Å². The van der Waals surface area contributed by atoms with Gasteiger partial charge in [-0.3, -0.25) is 9.59 Å². The van der Waals surface area contributed by atoms with Crippen LogP contribution in [0.15, 0.2) is 60.7 Å². The van der Waals surface area contributed by atoms with E-state index in [0.717, 1.165) is 0 Å². The average molecular weight is 312 g/mol. The van der Waals surface area contributed by atoms with E-state index in [1.165, 1.54) is 0 Å². The lowest BCUT2D eigenvalue weighted by atomic mass is 9.99. The first kappa shape index (κ1) is 16.9. The summed E-state index contributed by atoms with van der Waals surface area (Å²) in [6.45, 7) is 0.0197. The van der Waals surface area contributed by atoms with Gasteiger partial charge in [0, 0.05) is 18.0 Å². The van der Waals surface area contributed by atoms with Crippen molar-refractivity contribution < 1.29 is 14.7 Å². The quantitative estimate of drug-likeness (QED) is 0.643. The first-order chi connectivity index (χ1) is 11.1. The minimum absolute atomic E-state index is 0.0197. The normalized spacial score (nSPS) is 13.3. The molecule has 4 N–H and O–H groups in total. The summed E-state index contributed by atoms with van der Waals surface area (Å²) in [5.74, 6) is -0.648. The molecule has 2 rings (SSSR count). The summed E-state index contributed by atoms with van der Waals surface area (Å²) in [6, 6.07) is 17.2. The molecule has 0 radical (unpaired) electrons. The van der Waals surface area contributed by atoms with Crippen LogP contribution in [0.2, 0.25) is 0 Å². The van der Waals surface area contributed by atoms with Gasteiger partial charge in [-0.1, -0.05) is 60.7 Å². The summed E-state index contributed by atoms with van der Waals surface area (Å²) in [6.07, 6.45) is -0.981. The maximum Gasteiger partial charge on any atom is 0.219 e. The third-order valence-electron chi connectivity index (χ3n) is 3.56. The predicted octanol–water partition coefficient (Wildman–Crippen LogP) is 1.44. The van der Waals surface area contributed by atoms with Gasteiger partial charge in [0.2, 0.25) is 5.91 Å². The van der Waals surface area contributed by atoms with Crippen molar-refractivity contribution in [3.8, 4) is 0 Å². The first-order valence-electron chi connectivity index (χ1n) is 7.41. The van der Waals surface area contributed by atoms with E-state index >= 15 is 0 Å². The molecule has 0 bridgehead atoms. The molecule has 0 heterocycles. The number of carbonyl (C=O) groups excluding carboxylic acids is 2. The Bertz CT molecular complexity index is 644. The van der Waals surface area contributed by atoms with Gasteiger partial charge >= 0.3 is 0 Å². The van der Waals surface area contributed by atoms with E-state index in [1.54, 1.807) is 48.5 Å². The fourth-order valence-electron chi connectivity index (χ4n) is 2.34. The monoisotopic (exact) mass is 312 g/mol. The molecule has 2 atom stereocenters. The number of primary amides is 1. The van der Waals surface area contributed by atoms with E-state index in [1.807, 2.05) is 12.1 Å². The molecule has 0 saturated heterocycles. The number of hydrogen-bond acceptors (Lipinski definition) is 4. The van der Waals surface area contributed by atoms with Gasteiger partial charge in [-0.15, -0.1) is 0 Å². The third kappa shape index (κ3) is 5.02. The largest absolute Gasteiger partial charge is 0.387 e. The minimum Gasteiger partial charge on any atom is -0.387 e. The van der Waals surface area contributed by atoms with Crippen molar-refractivity contribution in [1.82, 2.24) is 5.32 Å². The third-order valence-corrected chi connectivity index (χ3v) is 3.56. The summed E-state index contributed by atoms with van der Waals surface area (Å²) in [5.41, 5.74) is 6.49. The second-order valence-electron chi connectivity index (χ2n) is 5.30. The van der Waals surface area contributed by atoms with E-state index in [0.29, 0.717) is 11.1 Å². The highest BCUT2D eigenvalue weighted by Gasteiger charge is 2.23. The van der Waals surface area contributed by atoms with Crippen LogP contribution in [0.25, 0.3) is 0 Å². The van der Waals surface area contributed by atoms with Crippen molar-refractivity contribution in [2.45, 2.75) is 18.6 Å². The zero-order chi connectivity index (χ0) is 16.7. The molecule has 0 fully saturated rings. The van der Waals surface area contributed by atoms with Gasteiger partial charge in [-0.05, 0) is 5.56 Å². The Morgan fingerprint density at radius 3 is 2.13 bits per heavy atom. The molecule has 0 aromatic heterocycles. The smallest absolute Gasteiger partial charge is 0.219 e. The number of aliphatic hydroxyl groups excluding tert-OH is 1. The van der Waals surface area contributed by atoms with Crippen molar-refractivity contribution in [1.29, 1.82) is 0 Å². The van der Waals surface area contributed by atoms with E-state index in [4.69, 9.17) is 5.73 Å². The number of nitrogens with two attached hydrogens (primary N) is 1. The van der Waals surface area contributed by atoms with Crippen LogP contribution in [0.4, 0.5) is 0 Å². The lowest BCUT2D eigenvalue weighted by Gasteiger charge is -2.23. The van der Waals surface area contributed by atoms with E-state index in [9.17, 15) is 14.7 Å². The summed E-state index contributed by atoms with van der Waals surface area (Å²) >= 11 is 0.